The number of carbonyl (C=O) groups is 2. The van der Waals surface area contributed by atoms with Gasteiger partial charge in [-0.2, -0.15) is 0 Å². The van der Waals surface area contributed by atoms with Gasteiger partial charge in [0.2, 0.25) is 11.8 Å². The number of ether oxygens (including phenoxy) is 1. The summed E-state index contributed by atoms with van der Waals surface area (Å²) in [6.07, 6.45) is -0.732. The van der Waals surface area contributed by atoms with Crippen molar-refractivity contribution in [3.8, 4) is 5.75 Å². The SMILES string of the molecule is COc1ccc([C@]23C[C@@]45CNC[C@@H](C(=O)N4[C@H]2N(S(=O)(=O)c2ccccc2)c2ccccc23)N(C)C5=O)cc1. The van der Waals surface area contributed by atoms with E-state index in [-0.39, 0.29) is 29.7 Å². The number of likely N-dealkylation sites (N-methyl/N-ethyl adjacent to an activating group) is 1. The van der Waals surface area contributed by atoms with Gasteiger partial charge >= 0.3 is 0 Å². The molecule has 4 atom stereocenters. The molecule has 2 amide bonds. The Balaban J connectivity index is 1.56. The highest BCUT2D eigenvalue weighted by Crippen LogP contribution is 2.62. The fourth-order valence-electron chi connectivity index (χ4n) is 7.24. The van der Waals surface area contributed by atoms with Gasteiger partial charge in [-0.1, -0.05) is 48.5 Å². The summed E-state index contributed by atoms with van der Waals surface area (Å²) in [5, 5.41) is 3.34. The first-order valence-corrected chi connectivity index (χ1v) is 14.4. The second-order valence-corrected chi connectivity index (χ2v) is 12.5. The highest BCUT2D eigenvalue weighted by atomic mass is 32.2. The lowest BCUT2D eigenvalue weighted by atomic mass is 9.70. The number of piperazine rings is 1. The van der Waals surface area contributed by atoms with Crippen molar-refractivity contribution < 1.29 is 22.7 Å². The number of nitrogens with one attached hydrogen (secondary N) is 1. The van der Waals surface area contributed by atoms with Gasteiger partial charge in [-0.25, -0.2) is 12.7 Å². The van der Waals surface area contributed by atoms with Crippen LogP contribution in [0.5, 0.6) is 5.75 Å². The third kappa shape index (κ3) is 2.90. The van der Waals surface area contributed by atoms with Gasteiger partial charge < -0.3 is 19.9 Å². The van der Waals surface area contributed by atoms with Crippen molar-refractivity contribution in [2.45, 2.75) is 34.5 Å². The van der Waals surface area contributed by atoms with Crippen LogP contribution in [0.2, 0.25) is 0 Å². The smallest absolute Gasteiger partial charge is 0.266 e. The van der Waals surface area contributed by atoms with Crippen LogP contribution in [0.4, 0.5) is 5.69 Å². The molecule has 4 fully saturated rings. The highest BCUT2D eigenvalue weighted by Gasteiger charge is 2.75. The normalized spacial score (nSPS) is 29.2. The van der Waals surface area contributed by atoms with E-state index < -0.39 is 33.2 Å². The van der Waals surface area contributed by atoms with Crippen molar-refractivity contribution in [1.82, 2.24) is 15.1 Å². The molecule has 8 rings (SSSR count). The molecule has 4 saturated heterocycles. The molecule has 0 radical (unpaired) electrons. The van der Waals surface area contributed by atoms with Gasteiger partial charge in [0.1, 0.15) is 23.5 Å². The molecular formula is C29H28N4O5S. The first-order valence-electron chi connectivity index (χ1n) is 12.9. The predicted octanol–water partition coefficient (Wildman–Crippen LogP) is 1.93. The van der Waals surface area contributed by atoms with E-state index in [1.165, 1.54) is 9.21 Å². The number of rotatable bonds is 4. The number of para-hydroxylation sites is 1. The molecule has 5 heterocycles. The van der Waals surface area contributed by atoms with Crippen LogP contribution in [-0.4, -0.2) is 75.0 Å². The number of benzene rings is 3. The Morgan fingerprint density at radius 2 is 1.64 bits per heavy atom. The molecule has 3 aromatic carbocycles. The fourth-order valence-corrected chi connectivity index (χ4v) is 8.92. The zero-order valence-electron chi connectivity index (χ0n) is 21.6. The number of hydrogen-bond acceptors (Lipinski definition) is 6. The van der Waals surface area contributed by atoms with Gasteiger partial charge in [0.25, 0.3) is 10.0 Å². The lowest BCUT2D eigenvalue weighted by molar-refractivity contribution is -0.164. The van der Waals surface area contributed by atoms with Gasteiger partial charge in [0.15, 0.2) is 0 Å². The average Bonchev–Trinajstić information content (AvgIpc) is 3.32. The maximum absolute atomic E-state index is 14.5. The van der Waals surface area contributed by atoms with Crippen LogP contribution in [0.3, 0.4) is 0 Å². The number of amides is 2. The molecule has 1 N–H and O–H groups in total. The van der Waals surface area contributed by atoms with Crippen LogP contribution in [-0.2, 0) is 25.0 Å². The molecule has 2 bridgehead atoms. The summed E-state index contributed by atoms with van der Waals surface area (Å²) in [6.45, 7) is 0.564. The molecule has 9 nitrogen and oxygen atoms in total. The van der Waals surface area contributed by atoms with Crippen LogP contribution >= 0.6 is 0 Å². The Morgan fingerprint density at radius 1 is 0.949 bits per heavy atom. The van der Waals surface area contributed by atoms with Crippen LogP contribution in [0.1, 0.15) is 17.5 Å². The molecule has 200 valence electrons. The van der Waals surface area contributed by atoms with Crippen molar-refractivity contribution >= 4 is 27.5 Å². The Labute approximate surface area is 227 Å². The third-order valence-corrected chi connectivity index (χ3v) is 10.7. The molecule has 0 aromatic heterocycles. The summed E-state index contributed by atoms with van der Waals surface area (Å²) in [7, 11) is -0.880. The van der Waals surface area contributed by atoms with E-state index in [1.54, 1.807) is 55.5 Å². The Morgan fingerprint density at radius 3 is 2.36 bits per heavy atom. The van der Waals surface area contributed by atoms with Crippen molar-refractivity contribution in [2.24, 2.45) is 0 Å². The summed E-state index contributed by atoms with van der Waals surface area (Å²) >= 11 is 0. The van der Waals surface area contributed by atoms with E-state index in [9.17, 15) is 18.0 Å². The Bertz CT molecular complexity index is 1610. The number of hydrogen-bond donors (Lipinski definition) is 1. The summed E-state index contributed by atoms with van der Waals surface area (Å²) < 4.78 is 35.8. The molecule has 0 aliphatic carbocycles. The fraction of sp³-hybridized carbons (Fsp3) is 0.310. The minimum Gasteiger partial charge on any atom is -0.497 e. The molecule has 0 saturated carbocycles. The zero-order chi connectivity index (χ0) is 27.2. The van der Waals surface area contributed by atoms with Gasteiger partial charge in [-0.15, -0.1) is 0 Å². The molecule has 39 heavy (non-hydrogen) atoms. The predicted molar refractivity (Wildman–Crippen MR) is 144 cm³/mol. The maximum Gasteiger partial charge on any atom is 0.266 e. The molecule has 0 unspecified atom stereocenters. The van der Waals surface area contributed by atoms with Crippen molar-refractivity contribution in [3.63, 3.8) is 0 Å². The van der Waals surface area contributed by atoms with Crippen molar-refractivity contribution in [3.05, 3.63) is 90.0 Å². The zero-order valence-corrected chi connectivity index (χ0v) is 22.4. The number of sulfonamides is 1. The van der Waals surface area contributed by atoms with E-state index >= 15 is 0 Å². The number of nitrogens with zero attached hydrogens (tertiary/aromatic N) is 3. The summed E-state index contributed by atoms with van der Waals surface area (Å²) in [5.74, 6) is 0.240. The minimum atomic E-state index is -4.13. The first-order chi connectivity index (χ1) is 18.8. The van der Waals surface area contributed by atoms with E-state index in [2.05, 4.69) is 5.32 Å². The van der Waals surface area contributed by atoms with E-state index in [4.69, 9.17) is 4.74 Å². The van der Waals surface area contributed by atoms with Crippen molar-refractivity contribution in [2.75, 3.05) is 31.6 Å². The van der Waals surface area contributed by atoms with Gasteiger partial charge in [0.05, 0.1) is 23.1 Å². The lowest BCUT2D eigenvalue weighted by Gasteiger charge is -2.48. The van der Waals surface area contributed by atoms with Crippen LogP contribution in [0, 0.1) is 0 Å². The quantitative estimate of drug-likeness (QED) is 0.539. The van der Waals surface area contributed by atoms with Crippen LogP contribution in [0.25, 0.3) is 0 Å². The standard InChI is InChI=1S/C29H28N4O5S/c1-31-24-16-30-18-28(27(31)35)17-29(19-12-14-20(38-2)15-13-19)22-10-6-7-11-23(22)33(26(29)32(28)25(24)34)39(36,37)21-8-4-3-5-9-21/h3-15,24,26,30H,16-18H2,1-2H3/t24-,26-,28-,29-/m0/s1. The second kappa shape index (κ2) is 8.06. The van der Waals surface area contributed by atoms with E-state index in [1.807, 2.05) is 42.5 Å². The van der Waals surface area contributed by atoms with Crippen LogP contribution in [0.15, 0.2) is 83.8 Å². The van der Waals surface area contributed by atoms with Crippen LogP contribution < -0.4 is 14.4 Å². The molecule has 3 aromatic rings. The number of methoxy groups -OCH3 is 1. The molecular weight excluding hydrogens is 516 g/mol. The number of fused-ring (bicyclic) bond motifs is 6. The minimum absolute atomic E-state index is 0.125. The van der Waals surface area contributed by atoms with E-state index in [0.29, 0.717) is 18.0 Å². The van der Waals surface area contributed by atoms with E-state index in [0.717, 1.165) is 11.1 Å². The number of carbonyl (C=O) groups excluding carboxylic acids is 2. The monoisotopic (exact) mass is 544 g/mol. The molecule has 10 heteroatoms. The Hall–Kier alpha value is -3.89. The highest BCUT2D eigenvalue weighted by molar-refractivity contribution is 7.92. The molecule has 1 spiro atoms. The third-order valence-electron chi connectivity index (χ3n) is 8.93. The Kier molecular flexibility index (Phi) is 5.00. The summed E-state index contributed by atoms with van der Waals surface area (Å²) in [6, 6.07) is 22.5. The average molecular weight is 545 g/mol. The maximum atomic E-state index is 14.5. The first kappa shape index (κ1) is 24.2. The molecule has 5 aliphatic rings. The summed E-state index contributed by atoms with van der Waals surface area (Å²) in [5.41, 5.74) is -0.139. The number of anilines is 1. The lowest BCUT2D eigenvalue weighted by Crippen LogP contribution is -2.71. The topological polar surface area (TPSA) is 99.3 Å². The summed E-state index contributed by atoms with van der Waals surface area (Å²) in [4.78, 5) is 31.6. The van der Waals surface area contributed by atoms with Gasteiger partial charge in [-0.3, -0.25) is 9.59 Å². The van der Waals surface area contributed by atoms with Gasteiger partial charge in [-0.05, 0) is 47.9 Å². The van der Waals surface area contributed by atoms with Gasteiger partial charge in [0, 0.05) is 20.1 Å². The van der Waals surface area contributed by atoms with Crippen molar-refractivity contribution in [1.29, 1.82) is 0 Å². The molecule has 5 aliphatic heterocycles. The second-order valence-electron chi connectivity index (χ2n) is 10.7. The largest absolute Gasteiger partial charge is 0.497 e.